The van der Waals surface area contributed by atoms with Crippen LogP contribution in [0.4, 0.5) is 5.69 Å². The molecule has 2 aliphatic heterocycles. The summed E-state index contributed by atoms with van der Waals surface area (Å²) in [7, 11) is 0. The van der Waals surface area contributed by atoms with Gasteiger partial charge in [0.1, 0.15) is 6.07 Å². The minimum Gasteiger partial charge on any atom is -0.366 e. The second-order valence-electron chi connectivity index (χ2n) is 5.03. The molecule has 0 radical (unpaired) electrons. The Labute approximate surface area is 120 Å². The summed E-state index contributed by atoms with van der Waals surface area (Å²) in [5.41, 5.74) is 1.72. The van der Waals surface area contributed by atoms with Gasteiger partial charge in [0.15, 0.2) is 0 Å². The summed E-state index contributed by atoms with van der Waals surface area (Å²) in [6, 6.07) is 8.17. The number of anilines is 1. The number of nitrogens with zero attached hydrogens (tertiary/aromatic N) is 2. The number of fused-ring (bicyclic) bond motifs is 1. The highest BCUT2D eigenvalue weighted by Crippen LogP contribution is 2.33. The molecule has 5 heteroatoms. The van der Waals surface area contributed by atoms with Gasteiger partial charge in [0.25, 0.3) is 0 Å². The minimum atomic E-state index is 0.114. The monoisotopic (exact) mass is 319 g/mol. The number of carbonyl (C=O) groups is 1. The Morgan fingerprint density at radius 1 is 1.47 bits per heavy atom. The fourth-order valence-electron chi connectivity index (χ4n) is 3.05. The fraction of sp³-hybridized carbons (Fsp3) is 0.429. The van der Waals surface area contributed by atoms with Crippen molar-refractivity contribution in [3.8, 4) is 6.07 Å². The zero-order valence-corrected chi connectivity index (χ0v) is 12.0. The molecule has 2 heterocycles. The summed E-state index contributed by atoms with van der Waals surface area (Å²) in [5.74, 6) is 0.297. The van der Waals surface area contributed by atoms with Gasteiger partial charge in [-0.3, -0.25) is 4.79 Å². The van der Waals surface area contributed by atoms with Crippen molar-refractivity contribution in [1.29, 1.82) is 5.26 Å². The second kappa shape index (κ2) is 4.86. The third kappa shape index (κ3) is 2.10. The highest BCUT2D eigenvalue weighted by atomic mass is 79.9. The van der Waals surface area contributed by atoms with Crippen molar-refractivity contribution >= 4 is 27.5 Å². The lowest BCUT2D eigenvalue weighted by atomic mass is 9.91. The van der Waals surface area contributed by atoms with E-state index >= 15 is 0 Å². The highest BCUT2D eigenvalue weighted by Gasteiger charge is 2.40. The van der Waals surface area contributed by atoms with E-state index in [4.69, 9.17) is 5.26 Å². The first-order valence-electron chi connectivity index (χ1n) is 6.44. The number of carbonyl (C=O) groups excluding carboxylic acids is 1. The number of nitriles is 1. The molecule has 98 valence electrons. The number of hydrogen-bond acceptors (Lipinski definition) is 3. The smallest absolute Gasteiger partial charge is 0.225 e. The van der Waals surface area contributed by atoms with Crippen LogP contribution >= 0.6 is 15.9 Å². The number of hydrogen-bond donors (Lipinski definition) is 1. The van der Waals surface area contributed by atoms with Crippen molar-refractivity contribution in [3.05, 3.63) is 28.2 Å². The lowest BCUT2D eigenvalue weighted by Gasteiger charge is -2.37. The highest BCUT2D eigenvalue weighted by molar-refractivity contribution is 9.10. The summed E-state index contributed by atoms with van der Waals surface area (Å²) < 4.78 is 0.812. The SMILES string of the molecule is N#Cc1ccc(N2CCCC3C(=O)NCC32)cc1Br. The molecule has 2 aliphatic rings. The van der Waals surface area contributed by atoms with E-state index in [1.807, 2.05) is 18.2 Å². The molecule has 1 aromatic rings. The van der Waals surface area contributed by atoms with Crippen LogP contribution in [0.3, 0.4) is 0 Å². The molecule has 0 saturated carbocycles. The van der Waals surface area contributed by atoms with E-state index in [1.54, 1.807) is 0 Å². The van der Waals surface area contributed by atoms with Crippen molar-refractivity contribution in [3.63, 3.8) is 0 Å². The van der Waals surface area contributed by atoms with Crippen molar-refractivity contribution in [2.75, 3.05) is 18.0 Å². The van der Waals surface area contributed by atoms with Crippen LogP contribution in [0.25, 0.3) is 0 Å². The van der Waals surface area contributed by atoms with Gasteiger partial charge in [0.2, 0.25) is 5.91 Å². The van der Waals surface area contributed by atoms with Gasteiger partial charge in [-0.1, -0.05) is 0 Å². The minimum absolute atomic E-state index is 0.114. The Morgan fingerprint density at radius 3 is 3.05 bits per heavy atom. The van der Waals surface area contributed by atoms with Crippen LogP contribution in [0, 0.1) is 17.2 Å². The summed E-state index contributed by atoms with van der Waals surface area (Å²) in [5, 5.41) is 11.9. The Hall–Kier alpha value is -1.54. The summed E-state index contributed by atoms with van der Waals surface area (Å²) >= 11 is 3.43. The zero-order valence-electron chi connectivity index (χ0n) is 10.4. The quantitative estimate of drug-likeness (QED) is 0.861. The van der Waals surface area contributed by atoms with Crippen molar-refractivity contribution in [1.82, 2.24) is 5.32 Å². The molecule has 4 nitrogen and oxygen atoms in total. The van der Waals surface area contributed by atoms with Gasteiger partial charge in [-0.15, -0.1) is 0 Å². The number of nitrogens with one attached hydrogen (secondary N) is 1. The van der Waals surface area contributed by atoms with Gasteiger partial charge in [-0.2, -0.15) is 5.26 Å². The second-order valence-corrected chi connectivity index (χ2v) is 5.88. The maximum absolute atomic E-state index is 11.8. The molecule has 2 saturated heterocycles. The van der Waals surface area contributed by atoms with Crippen molar-refractivity contribution in [2.24, 2.45) is 5.92 Å². The van der Waals surface area contributed by atoms with E-state index in [0.717, 1.165) is 36.1 Å². The topological polar surface area (TPSA) is 56.1 Å². The molecule has 19 heavy (non-hydrogen) atoms. The number of benzene rings is 1. The molecule has 2 atom stereocenters. The molecule has 0 bridgehead atoms. The molecule has 2 unspecified atom stereocenters. The van der Waals surface area contributed by atoms with Crippen LogP contribution < -0.4 is 10.2 Å². The standard InChI is InChI=1S/C14H14BrN3O/c15-12-6-10(4-3-9(12)7-16)18-5-1-2-11-13(18)8-17-14(11)19/h3-4,6,11,13H,1-2,5,8H2,(H,17,19). The molecule has 1 aromatic carbocycles. The first-order valence-corrected chi connectivity index (χ1v) is 7.24. The summed E-state index contributed by atoms with van der Waals surface area (Å²) in [6.45, 7) is 1.69. The molecule has 0 aliphatic carbocycles. The Bertz CT molecular complexity index is 566. The predicted molar refractivity (Wildman–Crippen MR) is 75.7 cm³/mol. The normalized spacial score (nSPS) is 25.7. The molecular weight excluding hydrogens is 306 g/mol. The Kier molecular flexibility index (Phi) is 3.19. The maximum Gasteiger partial charge on any atom is 0.225 e. The van der Waals surface area contributed by atoms with E-state index in [1.165, 1.54) is 0 Å². The molecule has 2 fully saturated rings. The van der Waals surface area contributed by atoms with E-state index in [2.05, 4.69) is 32.2 Å². The van der Waals surface area contributed by atoms with Gasteiger partial charge in [-0.25, -0.2) is 0 Å². The first-order chi connectivity index (χ1) is 9.20. The molecule has 3 rings (SSSR count). The number of amides is 1. The average molecular weight is 320 g/mol. The molecule has 0 spiro atoms. The maximum atomic E-state index is 11.8. The van der Waals surface area contributed by atoms with Crippen LogP contribution in [-0.4, -0.2) is 25.0 Å². The summed E-state index contributed by atoms with van der Waals surface area (Å²) in [6.07, 6.45) is 2.01. The number of halogens is 1. The van der Waals surface area contributed by atoms with E-state index in [0.29, 0.717) is 5.56 Å². The van der Waals surface area contributed by atoms with Crippen LogP contribution in [0.15, 0.2) is 22.7 Å². The van der Waals surface area contributed by atoms with Gasteiger partial charge in [0, 0.05) is 23.2 Å². The first kappa shape index (κ1) is 12.5. The van der Waals surface area contributed by atoms with E-state index in [-0.39, 0.29) is 17.9 Å². The Morgan fingerprint density at radius 2 is 2.32 bits per heavy atom. The van der Waals surface area contributed by atoms with Gasteiger partial charge >= 0.3 is 0 Å². The fourth-order valence-corrected chi connectivity index (χ4v) is 3.50. The van der Waals surface area contributed by atoms with Gasteiger partial charge < -0.3 is 10.2 Å². The average Bonchev–Trinajstić information content (AvgIpc) is 2.80. The molecule has 0 aromatic heterocycles. The van der Waals surface area contributed by atoms with Gasteiger partial charge in [-0.05, 0) is 47.0 Å². The lowest BCUT2D eigenvalue weighted by Crippen LogP contribution is -2.45. The van der Waals surface area contributed by atoms with Crippen LogP contribution in [0.1, 0.15) is 18.4 Å². The van der Waals surface area contributed by atoms with Crippen LogP contribution in [0.2, 0.25) is 0 Å². The van der Waals surface area contributed by atoms with Crippen LogP contribution in [0.5, 0.6) is 0 Å². The molecule has 1 amide bonds. The lowest BCUT2D eigenvalue weighted by molar-refractivity contribution is -0.122. The van der Waals surface area contributed by atoms with Crippen molar-refractivity contribution < 1.29 is 4.79 Å². The number of piperidine rings is 1. The third-order valence-electron chi connectivity index (χ3n) is 4.01. The Balaban J connectivity index is 1.91. The third-order valence-corrected chi connectivity index (χ3v) is 4.66. The number of rotatable bonds is 1. The largest absolute Gasteiger partial charge is 0.366 e. The van der Waals surface area contributed by atoms with Crippen LogP contribution in [-0.2, 0) is 4.79 Å². The summed E-state index contributed by atoms with van der Waals surface area (Å²) in [4.78, 5) is 14.1. The van der Waals surface area contributed by atoms with Gasteiger partial charge in [0.05, 0.1) is 17.5 Å². The predicted octanol–water partition coefficient (Wildman–Crippen LogP) is 2.04. The zero-order chi connectivity index (χ0) is 13.4. The molecule has 1 N–H and O–H groups in total. The van der Waals surface area contributed by atoms with E-state index in [9.17, 15) is 4.79 Å². The van der Waals surface area contributed by atoms with Crippen molar-refractivity contribution in [2.45, 2.75) is 18.9 Å². The van der Waals surface area contributed by atoms with E-state index < -0.39 is 0 Å². The molecular formula is C14H14BrN3O.